The van der Waals surface area contributed by atoms with Crippen molar-refractivity contribution in [3.8, 4) is 0 Å². The van der Waals surface area contributed by atoms with Crippen LogP contribution in [-0.2, 0) is 9.59 Å². The maximum atomic E-state index is 12.2. The van der Waals surface area contributed by atoms with E-state index in [2.05, 4.69) is 220 Å². The van der Waals surface area contributed by atoms with Crippen molar-refractivity contribution in [3.63, 3.8) is 0 Å². The summed E-state index contributed by atoms with van der Waals surface area (Å²) in [7, 11) is 0. The highest BCUT2D eigenvalue weighted by Gasteiger charge is 2.38. The van der Waals surface area contributed by atoms with Crippen molar-refractivity contribution in [1.82, 2.24) is 0 Å². The first-order valence-corrected chi connectivity index (χ1v) is 30.9. The van der Waals surface area contributed by atoms with Gasteiger partial charge in [-0.1, -0.05) is 281 Å². The molecule has 464 valence electrons. The number of aliphatic hydroxyl groups is 4. The first-order valence-electron chi connectivity index (χ1n) is 30.9. The average Bonchev–Trinajstić information content (AvgIpc) is 1.32. The molecule has 0 fully saturated rings. The fourth-order valence-corrected chi connectivity index (χ4v) is 11.8. The number of rotatable bonds is 20. The highest BCUT2D eigenvalue weighted by molar-refractivity contribution is 6.01. The lowest BCUT2D eigenvalue weighted by molar-refractivity contribution is -0.126. The highest BCUT2D eigenvalue weighted by atomic mass is 16.3. The van der Waals surface area contributed by atoms with Gasteiger partial charge in [-0.15, -0.1) is 0 Å². The zero-order valence-electron chi connectivity index (χ0n) is 56.3. The molecule has 0 aromatic carbocycles. The number of Topliss-reactive ketones (excluding diaryl/α,β-unsaturated/α-hetero) is 2. The lowest BCUT2D eigenvalue weighted by Crippen LogP contribution is -2.35. The van der Waals surface area contributed by atoms with Gasteiger partial charge < -0.3 is 20.4 Å². The monoisotopic (exact) mass is 1160 g/mol. The van der Waals surface area contributed by atoms with Gasteiger partial charge in [0.05, 0.1) is 12.2 Å². The molecule has 6 heteroatoms. The molecule has 4 N–H and O–H groups in total. The van der Waals surface area contributed by atoms with E-state index < -0.39 is 12.2 Å². The van der Waals surface area contributed by atoms with Gasteiger partial charge in [0.15, 0.2) is 11.6 Å². The number of ketones is 2. The molecule has 0 saturated carbocycles. The van der Waals surface area contributed by atoms with Gasteiger partial charge in [-0.25, -0.2) is 0 Å². The van der Waals surface area contributed by atoms with Crippen LogP contribution in [0.25, 0.3) is 0 Å². The minimum Gasteiger partial charge on any atom is -0.393 e. The van der Waals surface area contributed by atoms with Gasteiger partial charge in [0.1, 0.15) is 12.2 Å². The Balaban J connectivity index is 0.000000451. The van der Waals surface area contributed by atoms with Crippen molar-refractivity contribution in [2.45, 2.75) is 201 Å². The van der Waals surface area contributed by atoms with Crippen LogP contribution >= 0.6 is 0 Å². The summed E-state index contributed by atoms with van der Waals surface area (Å²) in [6.45, 7) is 41.6. The quantitative estimate of drug-likeness (QED) is 0.0903. The molecule has 86 heavy (non-hydrogen) atoms. The van der Waals surface area contributed by atoms with E-state index in [1.807, 2.05) is 74.6 Å². The van der Waals surface area contributed by atoms with Crippen molar-refractivity contribution < 1.29 is 30.0 Å². The van der Waals surface area contributed by atoms with Crippen molar-refractivity contribution in [2.75, 3.05) is 0 Å². The molecule has 4 rings (SSSR count). The van der Waals surface area contributed by atoms with Crippen molar-refractivity contribution in [2.24, 2.45) is 21.7 Å². The van der Waals surface area contributed by atoms with E-state index in [0.717, 1.165) is 59.1 Å². The van der Waals surface area contributed by atoms with E-state index >= 15 is 0 Å². The van der Waals surface area contributed by atoms with E-state index in [9.17, 15) is 30.0 Å². The second kappa shape index (κ2) is 34.1. The molecule has 0 saturated heterocycles. The molecule has 0 aromatic rings. The molecule has 0 amide bonds. The van der Waals surface area contributed by atoms with E-state index in [4.69, 9.17) is 0 Å². The van der Waals surface area contributed by atoms with Crippen LogP contribution in [0.2, 0.25) is 0 Å². The molecule has 0 heterocycles. The lowest BCUT2D eigenvalue weighted by atomic mass is 9.71. The number of hydrogen-bond acceptors (Lipinski definition) is 6. The van der Waals surface area contributed by atoms with Gasteiger partial charge in [-0.3, -0.25) is 9.59 Å². The number of aliphatic hydroxyl groups excluding tert-OH is 4. The number of allylic oxidation sites excluding steroid dienone is 40. The minimum atomic E-state index is -0.907. The zero-order chi connectivity index (χ0) is 64.7. The summed E-state index contributed by atoms with van der Waals surface area (Å²) in [5.74, 6) is -0.350. The van der Waals surface area contributed by atoms with Crippen LogP contribution in [0.4, 0.5) is 0 Å². The van der Waals surface area contributed by atoms with Gasteiger partial charge in [0, 0.05) is 0 Å². The fraction of sp³-hybridized carbons (Fsp3) is 0.425. The predicted molar refractivity (Wildman–Crippen MR) is 369 cm³/mol. The Kier molecular flexibility index (Phi) is 29.2. The molecule has 0 radical (unpaired) electrons. The fourth-order valence-electron chi connectivity index (χ4n) is 11.8. The Morgan fingerprint density at radius 2 is 0.535 bits per heavy atom. The maximum absolute atomic E-state index is 12.2. The third-order valence-electron chi connectivity index (χ3n) is 16.6. The molecule has 0 aliphatic heterocycles. The van der Waals surface area contributed by atoms with Gasteiger partial charge in [0.25, 0.3) is 0 Å². The standard InChI is InChI=1S/C40H52O4.C40H56O2/c1-27(17-13-19-29(3)21-23-33-31(5)37(43)35(41)25-39(33,7)8)15-11-12-16-28(2)18-14-20-30(4)22-24-34-32(6)38(44)36(42)26-40(34,9)10;1-29(17-13-19-31(3)21-23-37-33(5)25-35(41)27-39(37,7)8)15-11-12-16-30(2)18-14-20-32(4)22-24-38-34(6)26-36(42)28-40(38,9)10/h11-24,35-36,41-42H,25-26H2,1-10H3;11-24,35-36,41-42H,25-28H2,1-10H3/b12-11+,17-13+,18-14+,23-21+,24-22+,27-15+,28-16+,29-19+,30-20+;12-11+,17-13+,18-14+,23-21+,24-22+,29-15+,30-16+,31-19+,32-20+. The molecule has 6 nitrogen and oxygen atoms in total. The third kappa shape index (κ3) is 24.7. The van der Waals surface area contributed by atoms with Gasteiger partial charge in [-0.2, -0.15) is 0 Å². The summed E-state index contributed by atoms with van der Waals surface area (Å²) < 4.78 is 0. The second-order valence-electron chi connectivity index (χ2n) is 27.1. The number of carbonyl (C=O) groups excluding carboxylic acids is 2. The molecular formula is C80H108O6. The van der Waals surface area contributed by atoms with Crippen LogP contribution in [0.5, 0.6) is 0 Å². The number of hydrogen-bond donors (Lipinski definition) is 4. The summed E-state index contributed by atoms with van der Waals surface area (Å²) in [6, 6.07) is 0. The summed E-state index contributed by atoms with van der Waals surface area (Å²) in [6.07, 6.45) is 60.1. The van der Waals surface area contributed by atoms with E-state index in [0.29, 0.717) is 24.0 Å². The van der Waals surface area contributed by atoms with Gasteiger partial charge in [0.2, 0.25) is 0 Å². The van der Waals surface area contributed by atoms with Crippen LogP contribution in [-0.4, -0.2) is 56.4 Å². The molecule has 0 aromatic heterocycles. The number of carbonyl (C=O) groups is 2. The summed E-state index contributed by atoms with van der Waals surface area (Å²) in [5, 5.41) is 40.3. The maximum Gasteiger partial charge on any atom is 0.187 e. The smallest absolute Gasteiger partial charge is 0.187 e. The van der Waals surface area contributed by atoms with E-state index in [1.165, 1.54) is 44.6 Å². The second-order valence-corrected chi connectivity index (χ2v) is 27.1. The molecule has 4 atom stereocenters. The predicted octanol–water partition coefficient (Wildman–Crippen LogP) is 19.5. The van der Waals surface area contributed by atoms with Crippen LogP contribution in [0.3, 0.4) is 0 Å². The average molecular weight is 1170 g/mol. The summed E-state index contributed by atoms with van der Waals surface area (Å²) in [4.78, 5) is 24.5. The largest absolute Gasteiger partial charge is 0.393 e. The first-order chi connectivity index (χ1) is 40.1. The molecule has 0 bridgehead atoms. The molecular weight excluding hydrogens is 1060 g/mol. The Bertz CT molecular complexity index is 2950. The van der Waals surface area contributed by atoms with Crippen molar-refractivity contribution in [1.29, 1.82) is 0 Å². The van der Waals surface area contributed by atoms with Gasteiger partial charge in [-0.05, 0) is 177 Å². The minimum absolute atomic E-state index is 0.00547. The topological polar surface area (TPSA) is 115 Å². The normalized spacial score (nSPS) is 24.8. The zero-order valence-corrected chi connectivity index (χ0v) is 56.3. The van der Waals surface area contributed by atoms with Crippen LogP contribution in [0.1, 0.15) is 177 Å². The Labute approximate surface area is 521 Å². The van der Waals surface area contributed by atoms with Crippen LogP contribution < -0.4 is 0 Å². The van der Waals surface area contributed by atoms with Gasteiger partial charge >= 0.3 is 0 Å². The van der Waals surface area contributed by atoms with E-state index in [1.54, 1.807) is 13.8 Å². The Morgan fingerprint density at radius 1 is 0.326 bits per heavy atom. The van der Waals surface area contributed by atoms with Crippen molar-refractivity contribution >= 4 is 11.6 Å². The third-order valence-corrected chi connectivity index (χ3v) is 16.6. The Hall–Kier alpha value is -6.54. The molecule has 4 aliphatic rings. The first kappa shape index (κ1) is 73.7. The van der Waals surface area contributed by atoms with Crippen LogP contribution in [0.15, 0.2) is 259 Å². The summed E-state index contributed by atoms with van der Waals surface area (Å²) >= 11 is 0. The highest BCUT2D eigenvalue weighted by Crippen LogP contribution is 2.44. The Morgan fingerprint density at radius 3 is 0.779 bits per heavy atom. The molecule has 4 unspecified atom stereocenters. The lowest BCUT2D eigenvalue weighted by Gasteiger charge is -2.35. The molecule has 0 spiro atoms. The van der Waals surface area contributed by atoms with Crippen molar-refractivity contribution in [3.05, 3.63) is 259 Å². The molecule has 4 aliphatic carbocycles. The van der Waals surface area contributed by atoms with E-state index in [-0.39, 0.29) is 45.4 Å². The van der Waals surface area contributed by atoms with Crippen LogP contribution in [0, 0.1) is 21.7 Å². The summed E-state index contributed by atoms with van der Waals surface area (Å²) in [5.41, 5.74) is 17.2. The SMILES string of the molecule is CC1=C(/C=C/C(C)=C/C=C/C(C)=C/C=C/C=C(C)/C=C/C=C(C)/C=C/C2=C(C)C(=O)C(O)CC2(C)C)C(C)(C)CC(O)C1=O.CC1=C(/C=C/C(C)=C/C=C/C(C)=C/C=C/C=C(C)/C=C/C=C(C)/C=C/C2=C(C)CC(O)CC2(C)C)C(C)(C)CC(O)C1.